The number of sulfonamides is 1. The number of nitrogens with one attached hydrogen (secondary N) is 1. The Kier molecular flexibility index (Phi) is 6.63. The molecule has 2 aromatic rings. The van der Waals surface area contributed by atoms with E-state index >= 15 is 0 Å². The van der Waals surface area contributed by atoms with Gasteiger partial charge in [0.1, 0.15) is 11.6 Å². The third-order valence-corrected chi connectivity index (χ3v) is 6.02. The normalized spacial score (nSPS) is 17.5. The molecule has 6 nitrogen and oxygen atoms in total. The number of ether oxygens (including phenoxy) is 1. The lowest BCUT2D eigenvalue weighted by atomic mass is 10.3. The molecule has 0 saturated carbocycles. The average Bonchev–Trinajstić information content (AvgIpc) is 3.13. The molecular weight excluding hydrogens is 407 g/mol. The highest BCUT2D eigenvalue weighted by Crippen LogP contribution is 2.30. The van der Waals surface area contributed by atoms with Crippen LogP contribution in [-0.2, 0) is 16.2 Å². The SMILES string of the molecule is O=S(=O)(CCCOc1ccccc1)NC1CCN(c2ccc(C(F)(F)F)cn2)C1. The molecule has 29 heavy (non-hydrogen) atoms. The molecule has 2 heterocycles. The zero-order chi connectivity index (χ0) is 20.9. The molecule has 3 rings (SSSR count). The van der Waals surface area contributed by atoms with Gasteiger partial charge in [0.15, 0.2) is 0 Å². The zero-order valence-corrected chi connectivity index (χ0v) is 16.4. The fourth-order valence-corrected chi connectivity index (χ4v) is 4.39. The van der Waals surface area contributed by atoms with Gasteiger partial charge < -0.3 is 9.64 Å². The molecule has 158 valence electrons. The topological polar surface area (TPSA) is 71.5 Å². The number of aromatic nitrogens is 1. The summed E-state index contributed by atoms with van der Waals surface area (Å²) < 4.78 is 70.6. The summed E-state index contributed by atoms with van der Waals surface area (Å²) in [5.41, 5.74) is -0.810. The van der Waals surface area contributed by atoms with E-state index in [0.717, 1.165) is 12.3 Å². The number of pyridine rings is 1. The van der Waals surface area contributed by atoms with E-state index in [1.807, 2.05) is 18.2 Å². The van der Waals surface area contributed by atoms with Gasteiger partial charge in [0.25, 0.3) is 0 Å². The minimum atomic E-state index is -4.43. The second kappa shape index (κ2) is 9.00. The Labute approximate surface area is 167 Å². The van der Waals surface area contributed by atoms with E-state index in [-0.39, 0.29) is 18.4 Å². The maximum atomic E-state index is 12.6. The van der Waals surface area contributed by atoms with Crippen molar-refractivity contribution in [2.24, 2.45) is 0 Å². The highest BCUT2D eigenvalue weighted by Gasteiger charge is 2.32. The molecule has 1 fully saturated rings. The fraction of sp³-hybridized carbons (Fsp3) is 0.421. The highest BCUT2D eigenvalue weighted by molar-refractivity contribution is 7.89. The predicted molar refractivity (Wildman–Crippen MR) is 103 cm³/mol. The molecule has 0 spiro atoms. The molecular formula is C19H22F3N3O3S. The Balaban J connectivity index is 1.44. The van der Waals surface area contributed by atoms with Crippen molar-refractivity contribution in [1.82, 2.24) is 9.71 Å². The van der Waals surface area contributed by atoms with Gasteiger partial charge in [-0.05, 0) is 37.1 Å². The molecule has 1 aromatic carbocycles. The molecule has 0 amide bonds. The molecule has 0 aliphatic carbocycles. The van der Waals surface area contributed by atoms with Crippen molar-refractivity contribution < 1.29 is 26.3 Å². The maximum absolute atomic E-state index is 12.6. The predicted octanol–water partition coefficient (Wildman–Crippen LogP) is 3.07. The number of nitrogens with zero attached hydrogens (tertiary/aromatic N) is 2. The van der Waals surface area contributed by atoms with Crippen LogP contribution in [0.5, 0.6) is 5.75 Å². The Bertz CT molecular complexity index is 890. The van der Waals surface area contributed by atoms with E-state index < -0.39 is 21.8 Å². The minimum Gasteiger partial charge on any atom is -0.494 e. The fourth-order valence-electron chi connectivity index (χ4n) is 3.07. The standard InChI is InChI=1S/C19H22F3N3O3S/c20-19(21,22)15-7-8-18(23-13-15)25-10-9-16(14-25)24-29(26,27)12-4-11-28-17-5-2-1-3-6-17/h1-3,5-8,13,16,24H,4,9-12,14H2. The van der Waals surface area contributed by atoms with Gasteiger partial charge in [0.2, 0.25) is 10.0 Å². The number of hydrogen-bond acceptors (Lipinski definition) is 5. The number of alkyl halides is 3. The van der Waals surface area contributed by atoms with Crippen molar-refractivity contribution >= 4 is 15.8 Å². The zero-order valence-electron chi connectivity index (χ0n) is 15.6. The lowest BCUT2D eigenvalue weighted by Crippen LogP contribution is -2.38. The van der Waals surface area contributed by atoms with Crippen LogP contribution in [0.1, 0.15) is 18.4 Å². The van der Waals surface area contributed by atoms with Crippen molar-refractivity contribution in [3.63, 3.8) is 0 Å². The van der Waals surface area contributed by atoms with Crippen LogP contribution in [0.4, 0.5) is 19.0 Å². The first-order valence-electron chi connectivity index (χ1n) is 9.19. The molecule has 1 atom stereocenters. The summed E-state index contributed by atoms with van der Waals surface area (Å²) in [6.45, 7) is 1.16. The molecule has 0 bridgehead atoms. The van der Waals surface area contributed by atoms with E-state index in [4.69, 9.17) is 4.74 Å². The van der Waals surface area contributed by atoms with Gasteiger partial charge in [-0.3, -0.25) is 0 Å². The van der Waals surface area contributed by atoms with Gasteiger partial charge in [-0.15, -0.1) is 0 Å². The molecule has 1 unspecified atom stereocenters. The van der Waals surface area contributed by atoms with Crippen LogP contribution >= 0.6 is 0 Å². The van der Waals surface area contributed by atoms with E-state index in [1.165, 1.54) is 6.07 Å². The van der Waals surface area contributed by atoms with E-state index in [0.29, 0.717) is 37.5 Å². The highest BCUT2D eigenvalue weighted by atomic mass is 32.2. The van der Waals surface area contributed by atoms with Gasteiger partial charge in [-0.1, -0.05) is 18.2 Å². The van der Waals surface area contributed by atoms with Gasteiger partial charge in [-0.25, -0.2) is 18.1 Å². The molecule has 1 aliphatic heterocycles. The quantitative estimate of drug-likeness (QED) is 0.653. The van der Waals surface area contributed by atoms with E-state index in [1.54, 1.807) is 17.0 Å². The van der Waals surface area contributed by atoms with Gasteiger partial charge in [0, 0.05) is 25.3 Å². The van der Waals surface area contributed by atoms with Gasteiger partial charge >= 0.3 is 6.18 Å². The summed E-state index contributed by atoms with van der Waals surface area (Å²) in [7, 11) is -3.48. The lowest BCUT2D eigenvalue weighted by molar-refractivity contribution is -0.137. The monoisotopic (exact) mass is 429 g/mol. The van der Waals surface area contributed by atoms with E-state index in [2.05, 4.69) is 9.71 Å². The minimum absolute atomic E-state index is 0.0607. The average molecular weight is 429 g/mol. The van der Waals surface area contributed by atoms with Crippen molar-refractivity contribution in [2.45, 2.75) is 25.1 Å². The third-order valence-electron chi connectivity index (χ3n) is 4.50. The maximum Gasteiger partial charge on any atom is 0.417 e. The molecule has 1 N–H and O–H groups in total. The Morgan fingerprint density at radius 1 is 1.17 bits per heavy atom. The number of rotatable bonds is 8. The van der Waals surface area contributed by atoms with Crippen LogP contribution in [0, 0.1) is 0 Å². The third kappa shape index (κ3) is 6.33. The van der Waals surface area contributed by atoms with Gasteiger partial charge in [0.05, 0.1) is 17.9 Å². The largest absolute Gasteiger partial charge is 0.494 e. The van der Waals surface area contributed by atoms with Crippen LogP contribution < -0.4 is 14.4 Å². The summed E-state index contributed by atoms with van der Waals surface area (Å²) in [5.74, 6) is 1.03. The first-order chi connectivity index (χ1) is 13.7. The lowest BCUT2D eigenvalue weighted by Gasteiger charge is -2.18. The molecule has 0 radical (unpaired) electrons. The smallest absolute Gasteiger partial charge is 0.417 e. The van der Waals surface area contributed by atoms with Crippen molar-refractivity contribution in [2.75, 3.05) is 30.3 Å². The number of benzene rings is 1. The summed E-state index contributed by atoms with van der Waals surface area (Å²) in [4.78, 5) is 5.63. The molecule has 10 heteroatoms. The first-order valence-corrected chi connectivity index (χ1v) is 10.8. The van der Waals surface area contributed by atoms with Crippen molar-refractivity contribution in [3.05, 3.63) is 54.2 Å². The molecule has 1 aromatic heterocycles. The van der Waals surface area contributed by atoms with Crippen molar-refractivity contribution in [1.29, 1.82) is 0 Å². The van der Waals surface area contributed by atoms with Gasteiger partial charge in [-0.2, -0.15) is 13.2 Å². The molecule has 1 saturated heterocycles. The van der Waals surface area contributed by atoms with Crippen LogP contribution in [0.2, 0.25) is 0 Å². The Hall–Kier alpha value is -2.33. The summed E-state index contributed by atoms with van der Waals surface area (Å²) in [6.07, 6.45) is -2.73. The second-order valence-electron chi connectivity index (χ2n) is 6.79. The number of hydrogen-bond donors (Lipinski definition) is 1. The summed E-state index contributed by atoms with van der Waals surface area (Å²) in [6, 6.07) is 11.1. The van der Waals surface area contributed by atoms with Crippen LogP contribution in [0.15, 0.2) is 48.7 Å². The molecule has 1 aliphatic rings. The number of anilines is 1. The van der Waals surface area contributed by atoms with Crippen LogP contribution in [0.25, 0.3) is 0 Å². The summed E-state index contributed by atoms with van der Waals surface area (Å²) >= 11 is 0. The number of para-hydroxylation sites is 1. The first kappa shape index (κ1) is 21.4. The van der Waals surface area contributed by atoms with Crippen LogP contribution in [0.3, 0.4) is 0 Å². The number of halogens is 3. The van der Waals surface area contributed by atoms with Crippen LogP contribution in [-0.4, -0.2) is 44.9 Å². The Morgan fingerprint density at radius 2 is 1.93 bits per heavy atom. The second-order valence-corrected chi connectivity index (χ2v) is 8.66. The van der Waals surface area contributed by atoms with E-state index in [9.17, 15) is 21.6 Å². The van der Waals surface area contributed by atoms with Crippen molar-refractivity contribution in [3.8, 4) is 5.75 Å². The summed E-state index contributed by atoms with van der Waals surface area (Å²) in [5, 5.41) is 0. The Morgan fingerprint density at radius 3 is 2.59 bits per heavy atom.